The molecular formula is C15H22ClN3. The Morgan fingerprint density at radius 3 is 2.42 bits per heavy atom. The van der Waals surface area contributed by atoms with Crippen LogP contribution in [0.4, 0.5) is 0 Å². The number of nitrogens with one attached hydrogen (secondary N) is 2. The summed E-state index contributed by atoms with van der Waals surface area (Å²) < 4.78 is 0. The van der Waals surface area contributed by atoms with Gasteiger partial charge >= 0.3 is 0 Å². The molecule has 0 aliphatic heterocycles. The second-order valence-corrected chi connectivity index (χ2v) is 5.61. The van der Waals surface area contributed by atoms with E-state index in [0.29, 0.717) is 0 Å². The average Bonchev–Trinajstić information content (AvgIpc) is 2.91. The smallest absolute Gasteiger partial charge is 0.190 e. The summed E-state index contributed by atoms with van der Waals surface area (Å²) in [4.78, 5) is 4.18. The first-order chi connectivity index (χ1) is 9.20. The van der Waals surface area contributed by atoms with Gasteiger partial charge in [-0.25, -0.2) is 0 Å². The molecule has 1 aromatic rings. The van der Waals surface area contributed by atoms with Gasteiger partial charge in [-0.1, -0.05) is 36.6 Å². The van der Waals surface area contributed by atoms with E-state index in [9.17, 15) is 0 Å². The van der Waals surface area contributed by atoms with Gasteiger partial charge in [0.05, 0.1) is 0 Å². The van der Waals surface area contributed by atoms with Crippen LogP contribution in [0.15, 0.2) is 29.3 Å². The van der Waals surface area contributed by atoms with E-state index < -0.39 is 0 Å². The summed E-state index contributed by atoms with van der Waals surface area (Å²) >= 11 is 5.99. The van der Waals surface area contributed by atoms with E-state index in [1.54, 1.807) is 7.05 Å². The van der Waals surface area contributed by atoms with Gasteiger partial charge in [0.25, 0.3) is 0 Å². The molecule has 0 unspecified atom stereocenters. The van der Waals surface area contributed by atoms with Crippen molar-refractivity contribution in [1.29, 1.82) is 0 Å². The number of hydrogen-bond donors (Lipinski definition) is 2. The third-order valence-electron chi connectivity index (χ3n) is 4.07. The Balaban J connectivity index is 2.16. The molecule has 1 aliphatic rings. The molecule has 0 amide bonds. The molecule has 0 saturated heterocycles. The van der Waals surface area contributed by atoms with Gasteiger partial charge in [-0.05, 0) is 30.5 Å². The minimum Gasteiger partial charge on any atom is -0.359 e. The Morgan fingerprint density at radius 2 is 1.89 bits per heavy atom. The van der Waals surface area contributed by atoms with Crippen LogP contribution in [-0.4, -0.2) is 26.6 Å². The summed E-state index contributed by atoms with van der Waals surface area (Å²) in [5.41, 5.74) is 1.60. The molecule has 1 fully saturated rings. The zero-order valence-electron chi connectivity index (χ0n) is 11.7. The maximum atomic E-state index is 5.99. The number of hydrogen-bond acceptors (Lipinski definition) is 1. The van der Waals surface area contributed by atoms with Crippen molar-refractivity contribution in [2.45, 2.75) is 31.1 Å². The van der Waals surface area contributed by atoms with E-state index in [1.807, 2.05) is 19.2 Å². The molecular weight excluding hydrogens is 258 g/mol. The highest BCUT2D eigenvalue weighted by molar-refractivity contribution is 6.30. The van der Waals surface area contributed by atoms with Crippen LogP contribution in [0.25, 0.3) is 0 Å². The molecule has 1 saturated carbocycles. The minimum absolute atomic E-state index is 0.220. The van der Waals surface area contributed by atoms with E-state index in [-0.39, 0.29) is 5.41 Å². The first kappa shape index (κ1) is 14.2. The fourth-order valence-corrected chi connectivity index (χ4v) is 3.08. The standard InChI is InChI=1S/C15H22ClN3/c1-17-14(18-2)19-11-15(9-3-4-10-15)12-5-7-13(16)8-6-12/h5-8H,3-4,9-11H2,1-2H3,(H2,17,18,19). The monoisotopic (exact) mass is 279 g/mol. The summed E-state index contributed by atoms with van der Waals surface area (Å²) in [6.45, 7) is 0.919. The lowest BCUT2D eigenvalue weighted by atomic mass is 9.79. The van der Waals surface area contributed by atoms with Crippen LogP contribution < -0.4 is 10.6 Å². The van der Waals surface area contributed by atoms with Crippen LogP contribution in [0.5, 0.6) is 0 Å². The van der Waals surface area contributed by atoms with Crippen molar-refractivity contribution in [3.63, 3.8) is 0 Å². The summed E-state index contributed by atoms with van der Waals surface area (Å²) in [6, 6.07) is 8.31. The fourth-order valence-electron chi connectivity index (χ4n) is 2.95. The lowest BCUT2D eigenvalue weighted by Crippen LogP contribution is -2.43. The predicted molar refractivity (Wildman–Crippen MR) is 82.0 cm³/mol. The highest BCUT2D eigenvalue weighted by Crippen LogP contribution is 2.40. The highest BCUT2D eigenvalue weighted by Gasteiger charge is 2.35. The lowest BCUT2D eigenvalue weighted by molar-refractivity contribution is 0.432. The fraction of sp³-hybridized carbons (Fsp3) is 0.533. The molecule has 0 aromatic heterocycles. The summed E-state index contributed by atoms with van der Waals surface area (Å²) in [5, 5.41) is 7.29. The first-order valence-electron chi connectivity index (χ1n) is 6.85. The van der Waals surface area contributed by atoms with Crippen LogP contribution in [-0.2, 0) is 5.41 Å². The topological polar surface area (TPSA) is 36.4 Å². The van der Waals surface area contributed by atoms with Crippen LogP contribution in [0.2, 0.25) is 5.02 Å². The number of benzene rings is 1. The second-order valence-electron chi connectivity index (χ2n) is 5.17. The number of nitrogens with zero attached hydrogens (tertiary/aromatic N) is 1. The molecule has 4 heteroatoms. The molecule has 0 bridgehead atoms. The van der Waals surface area contributed by atoms with Crippen molar-refractivity contribution < 1.29 is 0 Å². The van der Waals surface area contributed by atoms with Gasteiger partial charge in [0.1, 0.15) is 0 Å². The third kappa shape index (κ3) is 3.21. The third-order valence-corrected chi connectivity index (χ3v) is 4.32. The van der Waals surface area contributed by atoms with E-state index in [4.69, 9.17) is 11.6 Å². The largest absolute Gasteiger partial charge is 0.359 e. The highest BCUT2D eigenvalue weighted by atomic mass is 35.5. The second kappa shape index (κ2) is 6.29. The number of guanidine groups is 1. The van der Waals surface area contributed by atoms with Crippen LogP contribution in [0.3, 0.4) is 0 Å². The quantitative estimate of drug-likeness (QED) is 0.659. The van der Waals surface area contributed by atoms with Crippen LogP contribution >= 0.6 is 11.6 Å². The van der Waals surface area contributed by atoms with Crippen molar-refractivity contribution >= 4 is 17.6 Å². The van der Waals surface area contributed by atoms with Crippen molar-refractivity contribution in [2.75, 3.05) is 20.6 Å². The van der Waals surface area contributed by atoms with Gasteiger partial charge in [-0.3, -0.25) is 4.99 Å². The Hall–Kier alpha value is -1.22. The summed E-state index contributed by atoms with van der Waals surface area (Å²) in [6.07, 6.45) is 5.04. The van der Waals surface area contributed by atoms with Gasteiger partial charge in [-0.2, -0.15) is 0 Å². The molecule has 3 nitrogen and oxygen atoms in total. The van der Waals surface area contributed by atoms with E-state index in [1.165, 1.54) is 31.2 Å². The van der Waals surface area contributed by atoms with Crippen molar-refractivity contribution in [3.05, 3.63) is 34.9 Å². The lowest BCUT2D eigenvalue weighted by Gasteiger charge is -2.30. The maximum Gasteiger partial charge on any atom is 0.190 e. The van der Waals surface area contributed by atoms with Gasteiger partial charge in [-0.15, -0.1) is 0 Å². The summed E-state index contributed by atoms with van der Waals surface area (Å²) in [5.74, 6) is 0.847. The van der Waals surface area contributed by atoms with Crippen molar-refractivity contribution in [2.24, 2.45) is 4.99 Å². The number of rotatable bonds is 3. The van der Waals surface area contributed by atoms with Gasteiger partial charge in [0, 0.05) is 31.1 Å². The van der Waals surface area contributed by atoms with Crippen LogP contribution in [0.1, 0.15) is 31.2 Å². The summed E-state index contributed by atoms with van der Waals surface area (Å²) in [7, 11) is 3.68. The minimum atomic E-state index is 0.220. The number of halogens is 1. The SMILES string of the molecule is CN=C(NC)NCC1(c2ccc(Cl)cc2)CCCC1. The average molecular weight is 280 g/mol. The van der Waals surface area contributed by atoms with E-state index in [2.05, 4.69) is 27.8 Å². The van der Waals surface area contributed by atoms with Crippen LogP contribution in [0, 0.1) is 0 Å². The maximum absolute atomic E-state index is 5.99. The Morgan fingerprint density at radius 1 is 1.26 bits per heavy atom. The van der Waals surface area contributed by atoms with Crippen molar-refractivity contribution in [3.8, 4) is 0 Å². The normalized spacial score (nSPS) is 18.4. The molecule has 0 radical (unpaired) electrons. The van der Waals surface area contributed by atoms with Gasteiger partial charge in [0.2, 0.25) is 0 Å². The van der Waals surface area contributed by atoms with E-state index >= 15 is 0 Å². The first-order valence-corrected chi connectivity index (χ1v) is 7.22. The predicted octanol–water partition coefficient (Wildman–Crippen LogP) is 2.95. The molecule has 0 atom stereocenters. The zero-order chi connectivity index (χ0) is 13.7. The zero-order valence-corrected chi connectivity index (χ0v) is 12.4. The van der Waals surface area contributed by atoms with Gasteiger partial charge < -0.3 is 10.6 Å². The molecule has 0 spiro atoms. The molecule has 2 rings (SSSR count). The molecule has 104 valence electrons. The number of aliphatic imine (C=N–C) groups is 1. The van der Waals surface area contributed by atoms with E-state index in [0.717, 1.165) is 17.5 Å². The van der Waals surface area contributed by atoms with Crippen molar-refractivity contribution in [1.82, 2.24) is 10.6 Å². The molecule has 1 aliphatic carbocycles. The molecule has 2 N–H and O–H groups in total. The Bertz CT molecular complexity index is 433. The molecule has 1 aromatic carbocycles. The van der Waals surface area contributed by atoms with Gasteiger partial charge in [0.15, 0.2) is 5.96 Å². The molecule has 0 heterocycles. The molecule has 19 heavy (non-hydrogen) atoms. The Labute approximate surface area is 120 Å². The Kier molecular flexibility index (Phi) is 4.70.